The molecule has 0 aliphatic heterocycles. The van der Waals surface area contributed by atoms with Crippen LogP contribution >= 0.6 is 0 Å². The number of benzene rings is 1. The molecule has 0 saturated carbocycles. The van der Waals surface area contributed by atoms with Gasteiger partial charge in [-0.2, -0.15) is 0 Å². The van der Waals surface area contributed by atoms with Crippen molar-refractivity contribution in [2.24, 2.45) is 0 Å². The van der Waals surface area contributed by atoms with Crippen molar-refractivity contribution in [3.05, 3.63) is 42.3 Å². The average molecular weight is 217 g/mol. The third-order valence-corrected chi connectivity index (χ3v) is 2.08. The molecule has 0 spiro atoms. The molecule has 1 aromatic carbocycles. The zero-order valence-electron chi connectivity index (χ0n) is 8.84. The van der Waals surface area contributed by atoms with E-state index in [4.69, 9.17) is 9.15 Å². The number of oxazole rings is 1. The van der Waals surface area contributed by atoms with Crippen LogP contribution in [0.25, 0.3) is 11.5 Å². The maximum absolute atomic E-state index is 11.4. The summed E-state index contributed by atoms with van der Waals surface area (Å²) in [6.45, 7) is 2.15. The fourth-order valence-electron chi connectivity index (χ4n) is 1.33. The summed E-state index contributed by atoms with van der Waals surface area (Å²) in [7, 11) is 0. The van der Waals surface area contributed by atoms with Crippen LogP contribution < -0.4 is 0 Å². The number of hydrogen-bond donors (Lipinski definition) is 0. The quantitative estimate of drug-likeness (QED) is 0.741. The Balaban J connectivity index is 2.20. The first-order chi connectivity index (χ1) is 7.81. The van der Waals surface area contributed by atoms with Gasteiger partial charge in [0, 0.05) is 5.56 Å². The highest BCUT2D eigenvalue weighted by molar-refractivity contribution is 5.89. The summed E-state index contributed by atoms with van der Waals surface area (Å²) in [6, 6.07) is 6.94. The van der Waals surface area contributed by atoms with Crippen molar-refractivity contribution in [3.63, 3.8) is 0 Å². The van der Waals surface area contributed by atoms with Crippen LogP contribution in [0.3, 0.4) is 0 Å². The van der Waals surface area contributed by atoms with Gasteiger partial charge in [-0.05, 0) is 31.2 Å². The monoisotopic (exact) mass is 217 g/mol. The van der Waals surface area contributed by atoms with Crippen LogP contribution in [0.2, 0.25) is 0 Å². The molecular formula is C12H11NO3. The molecular weight excluding hydrogens is 206 g/mol. The zero-order chi connectivity index (χ0) is 11.4. The zero-order valence-corrected chi connectivity index (χ0v) is 8.84. The fourth-order valence-corrected chi connectivity index (χ4v) is 1.33. The number of carbonyl (C=O) groups is 1. The summed E-state index contributed by atoms with van der Waals surface area (Å²) in [5.74, 6) is 0.219. The number of rotatable bonds is 3. The van der Waals surface area contributed by atoms with E-state index in [0.717, 1.165) is 5.56 Å². The molecule has 0 atom stereocenters. The third-order valence-electron chi connectivity index (χ3n) is 2.08. The van der Waals surface area contributed by atoms with Crippen molar-refractivity contribution in [1.82, 2.24) is 4.98 Å². The SMILES string of the molecule is CCOC(=O)c1ccc(-c2ncco2)cc1. The maximum Gasteiger partial charge on any atom is 0.338 e. The molecule has 4 nitrogen and oxygen atoms in total. The van der Waals surface area contributed by atoms with Gasteiger partial charge in [0.25, 0.3) is 0 Å². The van der Waals surface area contributed by atoms with Gasteiger partial charge in [0.05, 0.1) is 18.4 Å². The van der Waals surface area contributed by atoms with Crippen LogP contribution in [-0.4, -0.2) is 17.6 Å². The van der Waals surface area contributed by atoms with E-state index < -0.39 is 0 Å². The maximum atomic E-state index is 11.4. The lowest BCUT2D eigenvalue weighted by atomic mass is 10.1. The molecule has 0 aliphatic carbocycles. The van der Waals surface area contributed by atoms with E-state index in [9.17, 15) is 4.79 Å². The molecule has 0 saturated heterocycles. The minimum absolute atomic E-state index is 0.318. The van der Waals surface area contributed by atoms with Crippen molar-refractivity contribution in [2.75, 3.05) is 6.61 Å². The topological polar surface area (TPSA) is 52.3 Å². The Morgan fingerprint density at radius 3 is 2.69 bits per heavy atom. The predicted octanol–water partition coefficient (Wildman–Crippen LogP) is 2.52. The molecule has 0 aliphatic rings. The molecule has 0 radical (unpaired) electrons. The fraction of sp³-hybridized carbons (Fsp3) is 0.167. The summed E-state index contributed by atoms with van der Waals surface area (Å²) in [5, 5.41) is 0. The highest BCUT2D eigenvalue weighted by atomic mass is 16.5. The number of nitrogens with zero attached hydrogens (tertiary/aromatic N) is 1. The van der Waals surface area contributed by atoms with E-state index >= 15 is 0 Å². The molecule has 1 aromatic heterocycles. The molecule has 0 bridgehead atoms. The Labute approximate surface area is 92.9 Å². The van der Waals surface area contributed by atoms with Crippen LogP contribution in [0.15, 0.2) is 41.1 Å². The van der Waals surface area contributed by atoms with Gasteiger partial charge >= 0.3 is 5.97 Å². The first kappa shape index (κ1) is 10.4. The van der Waals surface area contributed by atoms with Gasteiger partial charge < -0.3 is 9.15 Å². The van der Waals surface area contributed by atoms with E-state index in [1.165, 1.54) is 6.26 Å². The molecule has 2 rings (SSSR count). The van der Waals surface area contributed by atoms with E-state index in [-0.39, 0.29) is 5.97 Å². The van der Waals surface area contributed by atoms with E-state index in [1.807, 2.05) is 0 Å². The lowest BCUT2D eigenvalue weighted by molar-refractivity contribution is 0.0526. The molecule has 1 heterocycles. The van der Waals surface area contributed by atoms with Crippen LogP contribution in [0.1, 0.15) is 17.3 Å². The van der Waals surface area contributed by atoms with Crippen LogP contribution in [0.5, 0.6) is 0 Å². The molecule has 16 heavy (non-hydrogen) atoms. The van der Waals surface area contributed by atoms with Gasteiger partial charge in [-0.15, -0.1) is 0 Å². The number of esters is 1. The third kappa shape index (κ3) is 2.11. The molecule has 0 amide bonds. The smallest absolute Gasteiger partial charge is 0.338 e. The van der Waals surface area contributed by atoms with Gasteiger partial charge in [0.15, 0.2) is 0 Å². The summed E-state index contributed by atoms with van der Waals surface area (Å²) >= 11 is 0. The average Bonchev–Trinajstić information content (AvgIpc) is 2.83. The molecule has 0 fully saturated rings. The lowest BCUT2D eigenvalue weighted by Gasteiger charge is -2.01. The molecule has 2 aromatic rings. The second kappa shape index (κ2) is 4.61. The Bertz CT molecular complexity index is 460. The van der Waals surface area contributed by atoms with Gasteiger partial charge in [-0.1, -0.05) is 0 Å². The standard InChI is InChI=1S/C12H11NO3/c1-2-15-12(14)10-5-3-9(4-6-10)11-13-7-8-16-11/h3-8H,2H2,1H3. The summed E-state index contributed by atoms with van der Waals surface area (Å²) < 4.78 is 10.0. The minimum Gasteiger partial charge on any atom is -0.462 e. The van der Waals surface area contributed by atoms with Gasteiger partial charge in [0.1, 0.15) is 6.26 Å². The normalized spacial score (nSPS) is 10.1. The van der Waals surface area contributed by atoms with Gasteiger partial charge in [-0.3, -0.25) is 0 Å². The lowest BCUT2D eigenvalue weighted by Crippen LogP contribution is -2.03. The first-order valence-corrected chi connectivity index (χ1v) is 4.98. The van der Waals surface area contributed by atoms with Crippen molar-refractivity contribution in [1.29, 1.82) is 0 Å². The van der Waals surface area contributed by atoms with Crippen molar-refractivity contribution in [2.45, 2.75) is 6.92 Å². The van der Waals surface area contributed by atoms with Crippen LogP contribution in [0.4, 0.5) is 0 Å². The molecule has 0 unspecified atom stereocenters. The number of hydrogen-bond acceptors (Lipinski definition) is 4. The second-order valence-electron chi connectivity index (χ2n) is 3.14. The Kier molecular flexibility index (Phi) is 3.00. The molecule has 82 valence electrons. The molecule has 0 N–H and O–H groups in total. The highest BCUT2D eigenvalue weighted by Crippen LogP contribution is 2.17. The largest absolute Gasteiger partial charge is 0.462 e. The number of carbonyl (C=O) groups excluding carboxylic acids is 1. The first-order valence-electron chi connectivity index (χ1n) is 4.98. The Morgan fingerprint density at radius 2 is 2.12 bits per heavy atom. The molecule has 4 heteroatoms. The summed E-state index contributed by atoms with van der Waals surface area (Å²) in [6.07, 6.45) is 3.09. The van der Waals surface area contributed by atoms with Gasteiger partial charge in [-0.25, -0.2) is 9.78 Å². The van der Waals surface area contributed by atoms with E-state index in [1.54, 1.807) is 37.4 Å². The summed E-state index contributed by atoms with van der Waals surface area (Å²) in [5.41, 5.74) is 1.36. The predicted molar refractivity (Wildman–Crippen MR) is 57.9 cm³/mol. The number of ether oxygens (including phenoxy) is 1. The van der Waals surface area contributed by atoms with Crippen LogP contribution in [-0.2, 0) is 4.74 Å². The van der Waals surface area contributed by atoms with E-state index in [0.29, 0.717) is 18.1 Å². The van der Waals surface area contributed by atoms with Crippen molar-refractivity contribution in [3.8, 4) is 11.5 Å². The highest BCUT2D eigenvalue weighted by Gasteiger charge is 2.07. The van der Waals surface area contributed by atoms with E-state index in [2.05, 4.69) is 4.98 Å². The Hall–Kier alpha value is -2.10. The minimum atomic E-state index is -0.318. The number of aromatic nitrogens is 1. The summed E-state index contributed by atoms with van der Waals surface area (Å²) in [4.78, 5) is 15.4. The Morgan fingerprint density at radius 1 is 1.38 bits per heavy atom. The van der Waals surface area contributed by atoms with Crippen molar-refractivity contribution >= 4 is 5.97 Å². The van der Waals surface area contributed by atoms with Crippen LogP contribution in [0, 0.1) is 0 Å². The second-order valence-corrected chi connectivity index (χ2v) is 3.14. The van der Waals surface area contributed by atoms with Gasteiger partial charge in [0.2, 0.25) is 5.89 Å². The van der Waals surface area contributed by atoms with Crippen molar-refractivity contribution < 1.29 is 13.9 Å².